The van der Waals surface area contributed by atoms with Crippen molar-refractivity contribution in [3.05, 3.63) is 35.9 Å². The van der Waals surface area contributed by atoms with E-state index in [0.717, 1.165) is 17.3 Å². The van der Waals surface area contributed by atoms with E-state index < -0.39 is 0 Å². The van der Waals surface area contributed by atoms with Crippen molar-refractivity contribution in [2.24, 2.45) is 0 Å². The number of carbonyl (C=O) groups is 1. The summed E-state index contributed by atoms with van der Waals surface area (Å²) in [5.74, 6) is 0.596. The summed E-state index contributed by atoms with van der Waals surface area (Å²) < 4.78 is 0. The Balaban J connectivity index is 2.50. The number of benzene rings is 1. The number of nitrogens with one attached hydrogen (secondary N) is 1. The maximum atomic E-state index is 12.8. The number of aliphatic hydroxyl groups is 1. The zero-order valence-electron chi connectivity index (χ0n) is 12.5. The van der Waals surface area contributed by atoms with Gasteiger partial charge in [-0.15, -0.1) is 0 Å². The number of hydrogen-bond acceptors (Lipinski definition) is 4. The van der Waals surface area contributed by atoms with Crippen LogP contribution in [-0.4, -0.2) is 47.6 Å². The summed E-state index contributed by atoms with van der Waals surface area (Å²) in [5.41, 5.74) is 1.40. The van der Waals surface area contributed by atoms with Gasteiger partial charge in [-0.25, -0.2) is 4.98 Å². The fourth-order valence-electron chi connectivity index (χ4n) is 2.36. The van der Waals surface area contributed by atoms with Crippen LogP contribution in [0.1, 0.15) is 23.7 Å². The number of pyridine rings is 1. The fourth-order valence-corrected chi connectivity index (χ4v) is 2.36. The molecule has 0 spiro atoms. The Bertz CT molecular complexity index is 622. The largest absolute Gasteiger partial charge is 0.395 e. The highest BCUT2D eigenvalue weighted by Crippen LogP contribution is 2.22. The van der Waals surface area contributed by atoms with E-state index in [4.69, 9.17) is 5.11 Å². The molecule has 0 aliphatic heterocycles. The Morgan fingerprint density at radius 2 is 2.10 bits per heavy atom. The van der Waals surface area contributed by atoms with Crippen molar-refractivity contribution in [1.29, 1.82) is 0 Å². The first kappa shape index (κ1) is 15.3. The Morgan fingerprint density at radius 3 is 2.76 bits per heavy atom. The van der Waals surface area contributed by atoms with Gasteiger partial charge in [0.2, 0.25) is 0 Å². The zero-order chi connectivity index (χ0) is 15.2. The highest BCUT2D eigenvalue weighted by molar-refractivity contribution is 6.07. The molecular formula is C16H21N3O2. The summed E-state index contributed by atoms with van der Waals surface area (Å²) in [7, 11) is 1.78. The molecule has 1 aromatic carbocycles. The first-order valence-electron chi connectivity index (χ1n) is 7.19. The van der Waals surface area contributed by atoms with Gasteiger partial charge < -0.3 is 15.3 Å². The molecule has 0 aliphatic rings. The van der Waals surface area contributed by atoms with Gasteiger partial charge in [0.25, 0.3) is 5.91 Å². The molecule has 112 valence electrons. The van der Waals surface area contributed by atoms with Crippen LogP contribution >= 0.6 is 0 Å². The van der Waals surface area contributed by atoms with Crippen molar-refractivity contribution in [1.82, 2.24) is 9.88 Å². The van der Waals surface area contributed by atoms with Gasteiger partial charge in [-0.2, -0.15) is 0 Å². The lowest BCUT2D eigenvalue weighted by Crippen LogP contribution is -2.34. The standard InChI is InChI=1S/C16H21N3O2/c1-3-8-19(9-10-20)16(21)13-11-15(17-2)18-14-7-5-4-6-12(13)14/h4-7,11,20H,3,8-10H2,1-2H3,(H,17,18). The number of aromatic nitrogens is 1. The number of fused-ring (bicyclic) bond motifs is 1. The molecule has 0 radical (unpaired) electrons. The summed E-state index contributed by atoms with van der Waals surface area (Å²) in [6.45, 7) is 2.96. The molecule has 2 rings (SSSR count). The number of amides is 1. The second-order valence-electron chi connectivity index (χ2n) is 4.84. The minimum atomic E-state index is -0.0685. The minimum absolute atomic E-state index is 0.0341. The minimum Gasteiger partial charge on any atom is -0.395 e. The smallest absolute Gasteiger partial charge is 0.254 e. The average Bonchev–Trinajstić information content (AvgIpc) is 2.53. The first-order chi connectivity index (χ1) is 10.2. The predicted molar refractivity (Wildman–Crippen MR) is 84.6 cm³/mol. The molecule has 0 unspecified atom stereocenters. The van der Waals surface area contributed by atoms with E-state index in [1.54, 1.807) is 18.0 Å². The monoisotopic (exact) mass is 287 g/mol. The molecule has 1 amide bonds. The molecule has 2 N–H and O–H groups in total. The molecule has 1 aromatic heterocycles. The molecule has 0 fully saturated rings. The maximum Gasteiger partial charge on any atom is 0.254 e. The summed E-state index contributed by atoms with van der Waals surface area (Å²) >= 11 is 0. The number of para-hydroxylation sites is 1. The highest BCUT2D eigenvalue weighted by atomic mass is 16.3. The summed E-state index contributed by atoms with van der Waals surface area (Å²) in [5, 5.41) is 13.0. The van der Waals surface area contributed by atoms with E-state index in [-0.39, 0.29) is 12.5 Å². The van der Waals surface area contributed by atoms with E-state index in [2.05, 4.69) is 10.3 Å². The molecule has 0 atom stereocenters. The van der Waals surface area contributed by atoms with Crippen LogP contribution in [0, 0.1) is 0 Å². The Morgan fingerprint density at radius 1 is 1.33 bits per heavy atom. The number of anilines is 1. The molecule has 1 heterocycles. The molecule has 21 heavy (non-hydrogen) atoms. The number of carbonyl (C=O) groups excluding carboxylic acids is 1. The number of aliphatic hydroxyl groups excluding tert-OH is 1. The second kappa shape index (κ2) is 7.04. The van der Waals surface area contributed by atoms with Crippen LogP contribution in [0.5, 0.6) is 0 Å². The van der Waals surface area contributed by atoms with E-state index in [1.165, 1.54) is 0 Å². The van der Waals surface area contributed by atoms with Gasteiger partial charge in [0.15, 0.2) is 0 Å². The summed E-state index contributed by atoms with van der Waals surface area (Å²) in [6.07, 6.45) is 0.855. The van der Waals surface area contributed by atoms with E-state index in [1.807, 2.05) is 31.2 Å². The molecule has 0 aliphatic carbocycles. The van der Waals surface area contributed by atoms with Gasteiger partial charge in [-0.05, 0) is 18.6 Å². The van der Waals surface area contributed by atoms with Crippen LogP contribution in [0.25, 0.3) is 10.9 Å². The van der Waals surface area contributed by atoms with Crippen molar-refractivity contribution in [2.75, 3.05) is 32.1 Å². The van der Waals surface area contributed by atoms with Gasteiger partial charge in [0.05, 0.1) is 17.7 Å². The lowest BCUT2D eigenvalue weighted by Gasteiger charge is -2.22. The van der Waals surface area contributed by atoms with Gasteiger partial charge in [-0.1, -0.05) is 25.1 Å². The lowest BCUT2D eigenvalue weighted by molar-refractivity contribution is 0.0724. The molecule has 0 saturated heterocycles. The molecule has 0 saturated carbocycles. The van der Waals surface area contributed by atoms with Crippen LogP contribution in [0.15, 0.2) is 30.3 Å². The highest BCUT2D eigenvalue weighted by Gasteiger charge is 2.18. The van der Waals surface area contributed by atoms with Crippen molar-refractivity contribution < 1.29 is 9.90 Å². The van der Waals surface area contributed by atoms with Crippen LogP contribution in [0.2, 0.25) is 0 Å². The summed E-state index contributed by atoms with van der Waals surface area (Å²) in [6, 6.07) is 9.36. The lowest BCUT2D eigenvalue weighted by atomic mass is 10.1. The molecule has 5 heteroatoms. The van der Waals surface area contributed by atoms with Gasteiger partial charge in [0.1, 0.15) is 5.82 Å². The fraction of sp³-hybridized carbons (Fsp3) is 0.375. The predicted octanol–water partition coefficient (Wildman–Crippen LogP) is 2.12. The van der Waals surface area contributed by atoms with E-state index in [9.17, 15) is 4.79 Å². The molecule has 5 nitrogen and oxygen atoms in total. The molecule has 2 aromatic rings. The van der Waals surface area contributed by atoms with Crippen LogP contribution in [0.3, 0.4) is 0 Å². The Labute approximate surface area is 124 Å². The zero-order valence-corrected chi connectivity index (χ0v) is 12.5. The third kappa shape index (κ3) is 3.31. The third-order valence-corrected chi connectivity index (χ3v) is 3.35. The normalized spacial score (nSPS) is 10.6. The quantitative estimate of drug-likeness (QED) is 0.854. The number of nitrogens with zero attached hydrogens (tertiary/aromatic N) is 2. The SMILES string of the molecule is CCCN(CCO)C(=O)c1cc(NC)nc2ccccc12. The number of hydrogen-bond donors (Lipinski definition) is 2. The van der Waals surface area contributed by atoms with Crippen molar-refractivity contribution in [2.45, 2.75) is 13.3 Å². The third-order valence-electron chi connectivity index (χ3n) is 3.35. The van der Waals surface area contributed by atoms with Gasteiger partial charge >= 0.3 is 0 Å². The van der Waals surface area contributed by atoms with Gasteiger partial charge in [0, 0.05) is 25.5 Å². The van der Waals surface area contributed by atoms with E-state index in [0.29, 0.717) is 24.5 Å². The van der Waals surface area contributed by atoms with Gasteiger partial charge in [-0.3, -0.25) is 4.79 Å². The van der Waals surface area contributed by atoms with Crippen LogP contribution in [-0.2, 0) is 0 Å². The van der Waals surface area contributed by atoms with Crippen molar-refractivity contribution in [3.8, 4) is 0 Å². The topological polar surface area (TPSA) is 65.5 Å². The molecular weight excluding hydrogens is 266 g/mol. The van der Waals surface area contributed by atoms with Crippen molar-refractivity contribution >= 4 is 22.6 Å². The maximum absolute atomic E-state index is 12.8. The first-order valence-corrected chi connectivity index (χ1v) is 7.19. The Hall–Kier alpha value is -2.14. The molecule has 0 bridgehead atoms. The van der Waals surface area contributed by atoms with Crippen LogP contribution < -0.4 is 5.32 Å². The Kier molecular flexibility index (Phi) is 5.11. The second-order valence-corrected chi connectivity index (χ2v) is 4.84. The van der Waals surface area contributed by atoms with Crippen LogP contribution in [0.4, 0.5) is 5.82 Å². The van der Waals surface area contributed by atoms with E-state index >= 15 is 0 Å². The number of rotatable bonds is 6. The average molecular weight is 287 g/mol. The summed E-state index contributed by atoms with van der Waals surface area (Å²) in [4.78, 5) is 18.9. The van der Waals surface area contributed by atoms with Crippen molar-refractivity contribution in [3.63, 3.8) is 0 Å².